The van der Waals surface area contributed by atoms with Gasteiger partial charge >= 0.3 is 0 Å². The first-order chi connectivity index (χ1) is 12.8. The molecule has 4 rings (SSSR count). The minimum atomic E-state index is -3.42. The summed E-state index contributed by atoms with van der Waals surface area (Å²) in [6, 6.07) is 9.06. The molecule has 2 aromatic heterocycles. The van der Waals surface area contributed by atoms with Crippen LogP contribution < -0.4 is 9.47 Å². The Labute approximate surface area is 153 Å². The molecular weight excluding hydrogens is 380 g/mol. The molecule has 0 bridgehead atoms. The molecule has 3 aromatic rings. The first kappa shape index (κ1) is 17.4. The Balaban J connectivity index is 1.83. The summed E-state index contributed by atoms with van der Waals surface area (Å²) in [5, 5.41) is 3.92. The lowest BCUT2D eigenvalue weighted by atomic mass is 10.1. The predicted molar refractivity (Wildman–Crippen MR) is 91.0 cm³/mol. The average molecular weight is 393 g/mol. The van der Waals surface area contributed by atoms with Crippen molar-refractivity contribution in [1.29, 1.82) is 0 Å². The van der Waals surface area contributed by atoms with E-state index in [9.17, 15) is 17.2 Å². The lowest BCUT2D eigenvalue weighted by Crippen LogP contribution is -2.04. The highest BCUT2D eigenvalue weighted by Crippen LogP contribution is 2.37. The second kappa shape index (κ2) is 6.31. The van der Waals surface area contributed by atoms with Gasteiger partial charge in [-0.2, -0.15) is 5.10 Å². The molecule has 140 valence electrons. The first-order valence-corrected chi connectivity index (χ1v) is 9.67. The summed E-state index contributed by atoms with van der Waals surface area (Å²) in [5.41, 5.74) is 0.521. The summed E-state index contributed by atoms with van der Waals surface area (Å²) in [6.07, 6.45) is -0.545. The van der Waals surface area contributed by atoms with Crippen molar-refractivity contribution >= 4 is 9.84 Å². The van der Waals surface area contributed by atoms with E-state index >= 15 is 0 Å². The topological polar surface area (TPSA) is 83.3 Å². The van der Waals surface area contributed by atoms with Gasteiger partial charge in [-0.3, -0.25) is 0 Å². The summed E-state index contributed by atoms with van der Waals surface area (Å²) in [6.45, 7) is 0.0921. The number of ether oxygens (including phenoxy) is 2. The fourth-order valence-electron chi connectivity index (χ4n) is 2.66. The molecule has 0 fully saturated rings. The SMILES string of the molecule is CS(=O)(=O)c1ccc(-n2nc(C(F)F)cc2-c2ccc3c(c2)OCO3)nc1. The molecule has 0 radical (unpaired) electrons. The van der Waals surface area contributed by atoms with E-state index in [0.29, 0.717) is 22.8 Å². The van der Waals surface area contributed by atoms with E-state index in [1.54, 1.807) is 18.2 Å². The Morgan fingerprint density at radius 1 is 1.11 bits per heavy atom. The fourth-order valence-corrected chi connectivity index (χ4v) is 3.22. The summed E-state index contributed by atoms with van der Waals surface area (Å²) >= 11 is 0. The quantitative estimate of drug-likeness (QED) is 0.678. The van der Waals surface area contributed by atoms with Gasteiger partial charge < -0.3 is 9.47 Å². The maximum atomic E-state index is 13.2. The van der Waals surface area contributed by atoms with Crippen molar-refractivity contribution in [3.8, 4) is 28.6 Å². The number of pyridine rings is 1. The molecule has 0 aliphatic carbocycles. The molecule has 27 heavy (non-hydrogen) atoms. The van der Waals surface area contributed by atoms with Crippen LogP contribution in [0.5, 0.6) is 11.5 Å². The number of hydrogen-bond acceptors (Lipinski definition) is 6. The standard InChI is InChI=1S/C17H13F2N3O4S/c1-27(23,24)11-3-5-16(20-8-11)22-13(7-12(21-22)17(18)19)10-2-4-14-15(6-10)26-9-25-14/h2-8,17H,9H2,1H3. The molecule has 0 saturated carbocycles. The third-order valence-corrected chi connectivity index (χ3v) is 5.08. The molecule has 0 unspecified atom stereocenters. The zero-order valence-corrected chi connectivity index (χ0v) is 14.8. The van der Waals surface area contributed by atoms with Gasteiger partial charge in [0.2, 0.25) is 6.79 Å². The summed E-state index contributed by atoms with van der Waals surface area (Å²) < 4.78 is 61.4. The number of halogens is 2. The lowest BCUT2D eigenvalue weighted by molar-refractivity contribution is 0.145. The second-order valence-electron chi connectivity index (χ2n) is 5.86. The zero-order chi connectivity index (χ0) is 19.2. The Bertz CT molecular complexity index is 1110. The monoisotopic (exact) mass is 393 g/mol. The van der Waals surface area contributed by atoms with Gasteiger partial charge in [0.15, 0.2) is 27.2 Å². The number of sulfone groups is 1. The highest BCUT2D eigenvalue weighted by atomic mass is 32.2. The van der Waals surface area contributed by atoms with E-state index in [-0.39, 0.29) is 17.5 Å². The maximum absolute atomic E-state index is 13.2. The fraction of sp³-hybridized carbons (Fsp3) is 0.176. The molecule has 1 aliphatic heterocycles. The van der Waals surface area contributed by atoms with Crippen LogP contribution in [0.25, 0.3) is 17.1 Å². The molecule has 10 heteroatoms. The van der Waals surface area contributed by atoms with Crippen molar-refractivity contribution in [3.63, 3.8) is 0 Å². The molecule has 0 amide bonds. The number of benzene rings is 1. The van der Waals surface area contributed by atoms with Crippen LogP contribution in [-0.2, 0) is 9.84 Å². The molecule has 0 spiro atoms. The predicted octanol–water partition coefficient (Wildman–Crippen LogP) is 3.00. The van der Waals surface area contributed by atoms with Crippen LogP contribution in [0.15, 0.2) is 47.5 Å². The molecule has 7 nitrogen and oxygen atoms in total. The number of aromatic nitrogens is 3. The minimum Gasteiger partial charge on any atom is -0.454 e. The highest BCUT2D eigenvalue weighted by Gasteiger charge is 2.21. The van der Waals surface area contributed by atoms with E-state index in [1.807, 2.05) is 0 Å². The lowest BCUT2D eigenvalue weighted by Gasteiger charge is -2.08. The van der Waals surface area contributed by atoms with Gasteiger partial charge in [-0.1, -0.05) is 0 Å². The van der Waals surface area contributed by atoms with E-state index in [4.69, 9.17) is 9.47 Å². The summed E-state index contributed by atoms with van der Waals surface area (Å²) in [5.74, 6) is 1.27. The summed E-state index contributed by atoms with van der Waals surface area (Å²) in [7, 11) is -3.42. The van der Waals surface area contributed by atoms with Gasteiger partial charge in [-0.25, -0.2) is 26.9 Å². The van der Waals surface area contributed by atoms with Crippen LogP contribution in [0, 0.1) is 0 Å². The van der Waals surface area contributed by atoms with Gasteiger partial charge in [0.25, 0.3) is 6.43 Å². The smallest absolute Gasteiger partial charge is 0.282 e. The van der Waals surface area contributed by atoms with Crippen LogP contribution in [0.2, 0.25) is 0 Å². The molecular formula is C17H13F2N3O4S. The van der Waals surface area contributed by atoms with Crippen LogP contribution in [0.4, 0.5) is 8.78 Å². The van der Waals surface area contributed by atoms with Gasteiger partial charge in [-0.15, -0.1) is 0 Å². The van der Waals surface area contributed by atoms with Crippen LogP contribution in [-0.4, -0.2) is 36.2 Å². The Hall–Kier alpha value is -3.01. The van der Waals surface area contributed by atoms with Crippen molar-refractivity contribution in [1.82, 2.24) is 14.8 Å². The van der Waals surface area contributed by atoms with Crippen molar-refractivity contribution in [2.24, 2.45) is 0 Å². The number of alkyl halides is 2. The van der Waals surface area contributed by atoms with E-state index < -0.39 is 22.0 Å². The third-order valence-electron chi connectivity index (χ3n) is 3.99. The Morgan fingerprint density at radius 3 is 2.56 bits per heavy atom. The van der Waals surface area contributed by atoms with Gasteiger partial charge in [0.1, 0.15) is 5.69 Å². The van der Waals surface area contributed by atoms with Crippen LogP contribution in [0.3, 0.4) is 0 Å². The van der Waals surface area contributed by atoms with E-state index in [2.05, 4.69) is 10.1 Å². The van der Waals surface area contributed by atoms with E-state index in [1.165, 1.54) is 22.9 Å². The first-order valence-electron chi connectivity index (χ1n) is 7.77. The normalized spacial score (nSPS) is 13.3. The molecule has 3 heterocycles. The van der Waals surface area contributed by atoms with Crippen molar-refractivity contribution in [2.45, 2.75) is 11.3 Å². The third kappa shape index (κ3) is 3.23. The zero-order valence-electron chi connectivity index (χ0n) is 14.0. The van der Waals surface area contributed by atoms with Gasteiger partial charge in [0, 0.05) is 18.0 Å². The second-order valence-corrected chi connectivity index (χ2v) is 7.87. The largest absolute Gasteiger partial charge is 0.454 e. The maximum Gasteiger partial charge on any atom is 0.282 e. The molecule has 1 aliphatic rings. The van der Waals surface area contributed by atoms with Crippen LogP contribution in [0.1, 0.15) is 12.1 Å². The Morgan fingerprint density at radius 2 is 1.89 bits per heavy atom. The number of fused-ring (bicyclic) bond motifs is 1. The minimum absolute atomic E-state index is 0.0251. The molecule has 1 aromatic carbocycles. The van der Waals surface area contributed by atoms with Gasteiger partial charge in [-0.05, 0) is 36.4 Å². The molecule has 0 N–H and O–H groups in total. The highest BCUT2D eigenvalue weighted by molar-refractivity contribution is 7.90. The number of hydrogen-bond donors (Lipinski definition) is 0. The van der Waals surface area contributed by atoms with Crippen molar-refractivity contribution in [2.75, 3.05) is 13.0 Å². The van der Waals surface area contributed by atoms with Crippen LogP contribution >= 0.6 is 0 Å². The number of nitrogens with zero attached hydrogens (tertiary/aromatic N) is 3. The molecule has 0 atom stereocenters. The van der Waals surface area contributed by atoms with Crippen molar-refractivity contribution < 1.29 is 26.7 Å². The average Bonchev–Trinajstić information content (AvgIpc) is 3.27. The summed E-state index contributed by atoms with van der Waals surface area (Å²) in [4.78, 5) is 4.09. The Kier molecular flexibility index (Phi) is 4.06. The molecule has 0 saturated heterocycles. The number of rotatable bonds is 4. The van der Waals surface area contributed by atoms with Gasteiger partial charge in [0.05, 0.1) is 10.6 Å². The van der Waals surface area contributed by atoms with E-state index in [0.717, 1.165) is 12.5 Å². The van der Waals surface area contributed by atoms with Crippen molar-refractivity contribution in [3.05, 3.63) is 48.3 Å².